The summed E-state index contributed by atoms with van der Waals surface area (Å²) in [7, 11) is -3.89. The van der Waals surface area contributed by atoms with Gasteiger partial charge in [-0.25, -0.2) is 31.4 Å². The highest BCUT2D eigenvalue weighted by molar-refractivity contribution is 7.91. The summed E-state index contributed by atoms with van der Waals surface area (Å²) in [4.78, 5) is 30.0. The smallest absolute Gasteiger partial charge is 0.408 e. The first kappa shape index (κ1) is 26.2. The molecule has 0 saturated carbocycles. The maximum Gasteiger partial charge on any atom is 0.408 e. The van der Waals surface area contributed by atoms with E-state index in [0.29, 0.717) is 6.07 Å². The molecular weight excluding hydrogens is 487 g/mol. The predicted molar refractivity (Wildman–Crippen MR) is 123 cm³/mol. The van der Waals surface area contributed by atoms with Gasteiger partial charge in [-0.05, 0) is 58.0 Å². The van der Waals surface area contributed by atoms with Crippen molar-refractivity contribution < 1.29 is 31.1 Å². The molecule has 3 aromatic rings. The highest BCUT2D eigenvalue weighted by Crippen LogP contribution is 2.26. The third kappa shape index (κ3) is 5.81. The van der Waals surface area contributed by atoms with Crippen molar-refractivity contribution in [3.05, 3.63) is 64.0 Å². The lowest BCUT2D eigenvalue weighted by Gasteiger charge is -2.23. The number of benzene rings is 2. The number of carbonyl (C=O) groups excluding carboxylic acids is 1. The summed E-state index contributed by atoms with van der Waals surface area (Å²) in [5, 5.41) is 2.21. The largest absolute Gasteiger partial charge is 0.444 e. The van der Waals surface area contributed by atoms with Crippen LogP contribution in [0.2, 0.25) is 0 Å². The SMILES string of the molecule is CC(NC(=O)OC(C)(C)C)c1nc2cccc(S(C)(=O)=O)c2c(=O)n1-c1cc(F)cc(C(F)F)c1. The van der Waals surface area contributed by atoms with Gasteiger partial charge in [0.25, 0.3) is 12.0 Å². The van der Waals surface area contributed by atoms with Crippen LogP contribution in [0, 0.1) is 5.82 Å². The number of hydrogen-bond donors (Lipinski definition) is 1. The first-order chi connectivity index (χ1) is 16.1. The maximum atomic E-state index is 14.3. The fraction of sp³-hybridized carbons (Fsp3) is 0.348. The van der Waals surface area contributed by atoms with Crippen molar-refractivity contribution in [3.8, 4) is 5.69 Å². The lowest BCUT2D eigenvalue weighted by molar-refractivity contribution is 0.0505. The third-order valence-electron chi connectivity index (χ3n) is 4.82. The molecule has 188 valence electrons. The zero-order chi connectivity index (χ0) is 26.3. The molecule has 1 N–H and O–H groups in total. The van der Waals surface area contributed by atoms with Gasteiger partial charge in [-0.1, -0.05) is 6.07 Å². The maximum absolute atomic E-state index is 14.3. The number of alkyl halides is 2. The molecule has 35 heavy (non-hydrogen) atoms. The van der Waals surface area contributed by atoms with E-state index in [1.54, 1.807) is 20.8 Å². The second kappa shape index (κ2) is 9.33. The number of nitrogens with one attached hydrogen (secondary N) is 1. The van der Waals surface area contributed by atoms with E-state index >= 15 is 0 Å². The number of ether oxygens (including phenoxy) is 1. The molecule has 1 unspecified atom stereocenters. The van der Waals surface area contributed by atoms with Crippen LogP contribution < -0.4 is 10.9 Å². The molecule has 12 heteroatoms. The summed E-state index contributed by atoms with van der Waals surface area (Å²) < 4.78 is 71.7. The van der Waals surface area contributed by atoms with Crippen molar-refractivity contribution in [2.45, 2.75) is 50.7 Å². The second-order valence-electron chi connectivity index (χ2n) is 8.94. The molecule has 0 fully saturated rings. The van der Waals surface area contributed by atoms with Crippen LogP contribution in [0.3, 0.4) is 0 Å². The first-order valence-electron chi connectivity index (χ1n) is 10.4. The Bertz CT molecular complexity index is 1460. The molecule has 0 spiro atoms. The molecule has 0 aliphatic carbocycles. The van der Waals surface area contributed by atoms with E-state index < -0.39 is 50.9 Å². The Balaban J connectivity index is 2.35. The molecule has 1 atom stereocenters. The first-order valence-corrected chi connectivity index (χ1v) is 12.3. The summed E-state index contributed by atoms with van der Waals surface area (Å²) >= 11 is 0. The molecule has 0 bridgehead atoms. The Morgan fingerprint density at radius 3 is 2.40 bits per heavy atom. The fourth-order valence-corrected chi connectivity index (χ4v) is 4.35. The number of halogens is 3. The molecule has 0 aliphatic heterocycles. The van der Waals surface area contributed by atoms with Gasteiger partial charge < -0.3 is 10.1 Å². The molecule has 0 aliphatic rings. The van der Waals surface area contributed by atoms with Gasteiger partial charge >= 0.3 is 6.09 Å². The van der Waals surface area contributed by atoms with Crippen molar-refractivity contribution in [2.75, 3.05) is 6.26 Å². The summed E-state index contributed by atoms with van der Waals surface area (Å²) in [5.74, 6) is -1.19. The van der Waals surface area contributed by atoms with Crippen LogP contribution >= 0.6 is 0 Å². The van der Waals surface area contributed by atoms with Crippen molar-refractivity contribution in [1.82, 2.24) is 14.9 Å². The average Bonchev–Trinajstić information content (AvgIpc) is 2.70. The topological polar surface area (TPSA) is 107 Å². The molecule has 0 radical (unpaired) electrons. The summed E-state index contributed by atoms with van der Waals surface area (Å²) in [5.41, 5.74) is -2.78. The van der Waals surface area contributed by atoms with Crippen LogP contribution in [0.1, 0.15) is 51.6 Å². The minimum Gasteiger partial charge on any atom is -0.444 e. The van der Waals surface area contributed by atoms with E-state index in [9.17, 15) is 31.2 Å². The van der Waals surface area contributed by atoms with E-state index in [0.717, 1.165) is 23.0 Å². The molecule has 1 aromatic heterocycles. The Morgan fingerprint density at radius 1 is 1.17 bits per heavy atom. The molecule has 0 saturated heterocycles. The quantitative estimate of drug-likeness (QED) is 0.542. The normalized spacial score (nSPS) is 13.2. The minimum absolute atomic E-state index is 0.00694. The van der Waals surface area contributed by atoms with E-state index in [-0.39, 0.29) is 27.3 Å². The van der Waals surface area contributed by atoms with Crippen molar-refractivity contribution in [1.29, 1.82) is 0 Å². The molecule has 1 amide bonds. The number of alkyl carbamates (subject to hydrolysis) is 1. The monoisotopic (exact) mass is 511 g/mol. The molecule has 8 nitrogen and oxygen atoms in total. The van der Waals surface area contributed by atoms with Gasteiger partial charge in [-0.3, -0.25) is 9.36 Å². The molecule has 1 heterocycles. The van der Waals surface area contributed by atoms with Gasteiger partial charge in [0, 0.05) is 11.8 Å². The van der Waals surface area contributed by atoms with E-state index in [4.69, 9.17) is 4.74 Å². The lowest BCUT2D eigenvalue weighted by Crippen LogP contribution is -2.37. The van der Waals surface area contributed by atoms with Crippen molar-refractivity contribution in [2.24, 2.45) is 0 Å². The summed E-state index contributed by atoms with van der Waals surface area (Å²) in [6, 6.07) is 5.34. The molecule has 3 rings (SSSR count). The standard InChI is InChI=1S/C23H24F3N3O5S/c1-12(27-22(31)34-23(2,3)4)20-28-16-7-6-8-17(35(5,32)33)18(16)21(30)29(20)15-10-13(19(25)26)9-14(24)11-15/h6-12,19H,1-5H3,(H,27,31). The molecular formula is C23H24F3N3O5S. The number of aromatic nitrogens is 2. The van der Waals surface area contributed by atoms with Crippen LogP contribution in [0.15, 0.2) is 46.1 Å². The number of rotatable bonds is 5. The van der Waals surface area contributed by atoms with Gasteiger partial charge in [-0.15, -0.1) is 0 Å². The van der Waals surface area contributed by atoms with Crippen molar-refractivity contribution in [3.63, 3.8) is 0 Å². The number of carbonyl (C=O) groups is 1. The third-order valence-corrected chi connectivity index (χ3v) is 5.96. The van der Waals surface area contributed by atoms with Crippen LogP contribution in [-0.2, 0) is 14.6 Å². The highest BCUT2D eigenvalue weighted by Gasteiger charge is 2.26. The number of nitrogens with zero attached hydrogens (tertiary/aromatic N) is 2. The number of fused-ring (bicyclic) bond motifs is 1. The zero-order valence-corrected chi connectivity index (χ0v) is 20.4. The van der Waals surface area contributed by atoms with E-state index in [1.807, 2.05) is 0 Å². The van der Waals surface area contributed by atoms with Gasteiger partial charge in [0.15, 0.2) is 9.84 Å². The van der Waals surface area contributed by atoms with Crippen LogP contribution in [-0.4, -0.2) is 35.9 Å². The molecule has 2 aromatic carbocycles. The van der Waals surface area contributed by atoms with Gasteiger partial charge in [0.2, 0.25) is 0 Å². The Hall–Kier alpha value is -3.41. The average molecular weight is 512 g/mol. The highest BCUT2D eigenvalue weighted by atomic mass is 32.2. The van der Waals surface area contributed by atoms with Gasteiger partial charge in [0.1, 0.15) is 17.2 Å². The van der Waals surface area contributed by atoms with Gasteiger partial charge in [-0.2, -0.15) is 0 Å². The Morgan fingerprint density at radius 2 is 1.83 bits per heavy atom. The van der Waals surface area contributed by atoms with E-state index in [1.165, 1.54) is 25.1 Å². The zero-order valence-electron chi connectivity index (χ0n) is 19.6. The van der Waals surface area contributed by atoms with Crippen LogP contribution in [0.4, 0.5) is 18.0 Å². The van der Waals surface area contributed by atoms with Crippen LogP contribution in [0.5, 0.6) is 0 Å². The summed E-state index contributed by atoms with van der Waals surface area (Å²) in [6.07, 6.45) is -2.98. The van der Waals surface area contributed by atoms with E-state index in [2.05, 4.69) is 10.3 Å². The van der Waals surface area contributed by atoms with Gasteiger partial charge in [0.05, 0.1) is 27.5 Å². The lowest BCUT2D eigenvalue weighted by atomic mass is 10.1. The summed E-state index contributed by atoms with van der Waals surface area (Å²) in [6.45, 7) is 6.40. The number of amides is 1. The van der Waals surface area contributed by atoms with Crippen molar-refractivity contribution >= 4 is 26.8 Å². The Labute approximate surface area is 199 Å². The fourth-order valence-electron chi connectivity index (χ4n) is 3.47. The number of sulfone groups is 1. The number of hydrogen-bond acceptors (Lipinski definition) is 6. The predicted octanol–water partition coefficient (Wildman–Crippen LogP) is 4.45. The minimum atomic E-state index is -3.89. The van der Waals surface area contributed by atoms with Crippen LogP contribution in [0.25, 0.3) is 16.6 Å². The Kier molecular flexibility index (Phi) is 6.98. The second-order valence-corrected chi connectivity index (χ2v) is 10.9.